The molecule has 0 atom stereocenters. The lowest BCUT2D eigenvalue weighted by Crippen LogP contribution is -2.02. The van der Waals surface area contributed by atoms with Crippen molar-refractivity contribution in [2.24, 2.45) is 0 Å². The van der Waals surface area contributed by atoms with Crippen LogP contribution in [-0.2, 0) is 4.74 Å². The fourth-order valence-electron chi connectivity index (χ4n) is 1.28. The fraction of sp³-hybridized carbons (Fsp3) is 0.182. The number of hydrogen-bond acceptors (Lipinski definition) is 7. The van der Waals surface area contributed by atoms with Crippen molar-refractivity contribution in [3.8, 4) is 0 Å². The number of nitrogens with zero attached hydrogens (tertiary/aromatic N) is 2. The van der Waals surface area contributed by atoms with E-state index in [1.54, 1.807) is 18.2 Å². The minimum atomic E-state index is -0.384. The summed E-state index contributed by atoms with van der Waals surface area (Å²) < 4.78 is 5.46. The smallest absolute Gasteiger partial charge is 0.337 e. The summed E-state index contributed by atoms with van der Waals surface area (Å²) in [6.45, 7) is 1.88. The van der Waals surface area contributed by atoms with Crippen LogP contribution in [0.4, 0.5) is 5.69 Å². The molecule has 0 fully saturated rings. The molecular formula is C11H11N3O2S2. The topological polar surface area (TPSA) is 78.1 Å². The van der Waals surface area contributed by atoms with Gasteiger partial charge in [-0.3, -0.25) is 0 Å². The Kier molecular flexibility index (Phi) is 3.83. The van der Waals surface area contributed by atoms with Crippen molar-refractivity contribution in [1.29, 1.82) is 0 Å². The van der Waals surface area contributed by atoms with E-state index < -0.39 is 0 Å². The van der Waals surface area contributed by atoms with Gasteiger partial charge in [-0.1, -0.05) is 23.1 Å². The molecule has 0 aliphatic rings. The Morgan fingerprint density at radius 2 is 2.22 bits per heavy atom. The van der Waals surface area contributed by atoms with Gasteiger partial charge in [-0.25, -0.2) is 4.79 Å². The van der Waals surface area contributed by atoms with Crippen molar-refractivity contribution in [2.75, 3.05) is 12.8 Å². The van der Waals surface area contributed by atoms with Gasteiger partial charge in [0, 0.05) is 10.6 Å². The predicted molar refractivity (Wildman–Crippen MR) is 71.0 cm³/mol. The molecule has 0 aliphatic heterocycles. The number of esters is 1. The molecule has 5 nitrogen and oxygen atoms in total. The Balaban J connectivity index is 2.29. The van der Waals surface area contributed by atoms with Gasteiger partial charge < -0.3 is 10.5 Å². The van der Waals surface area contributed by atoms with Gasteiger partial charge >= 0.3 is 5.97 Å². The van der Waals surface area contributed by atoms with Crippen LogP contribution in [0, 0.1) is 6.92 Å². The highest BCUT2D eigenvalue weighted by molar-refractivity contribution is 8.01. The first-order chi connectivity index (χ1) is 8.60. The number of carbonyl (C=O) groups is 1. The van der Waals surface area contributed by atoms with E-state index in [0.29, 0.717) is 11.3 Å². The van der Waals surface area contributed by atoms with Gasteiger partial charge in [0.2, 0.25) is 0 Å². The third-order valence-electron chi connectivity index (χ3n) is 2.14. The lowest BCUT2D eigenvalue weighted by atomic mass is 10.2. The van der Waals surface area contributed by atoms with Gasteiger partial charge in [-0.15, -0.1) is 10.2 Å². The largest absolute Gasteiger partial charge is 0.465 e. The molecule has 7 heteroatoms. The second-order valence-corrected chi connectivity index (χ2v) is 5.90. The van der Waals surface area contributed by atoms with Crippen LogP contribution in [0.2, 0.25) is 0 Å². The highest BCUT2D eigenvalue weighted by Gasteiger charge is 2.11. The number of anilines is 1. The molecule has 0 unspecified atom stereocenters. The van der Waals surface area contributed by atoms with E-state index in [0.717, 1.165) is 14.2 Å². The van der Waals surface area contributed by atoms with Gasteiger partial charge in [0.25, 0.3) is 0 Å². The van der Waals surface area contributed by atoms with Crippen molar-refractivity contribution in [3.63, 3.8) is 0 Å². The number of carbonyl (C=O) groups excluding carboxylic acids is 1. The summed E-state index contributed by atoms with van der Waals surface area (Å²) >= 11 is 2.87. The second-order valence-electron chi connectivity index (χ2n) is 3.43. The highest BCUT2D eigenvalue weighted by atomic mass is 32.2. The van der Waals surface area contributed by atoms with Crippen LogP contribution in [0.1, 0.15) is 15.4 Å². The van der Waals surface area contributed by atoms with E-state index in [1.165, 1.54) is 30.2 Å². The Labute approximate surface area is 112 Å². The lowest BCUT2D eigenvalue weighted by Gasteiger charge is -2.05. The Morgan fingerprint density at radius 1 is 1.44 bits per heavy atom. The van der Waals surface area contributed by atoms with Crippen molar-refractivity contribution in [3.05, 3.63) is 28.8 Å². The lowest BCUT2D eigenvalue weighted by molar-refractivity contribution is 0.0600. The molecule has 0 saturated heterocycles. The minimum Gasteiger partial charge on any atom is -0.465 e. The summed E-state index contributed by atoms with van der Waals surface area (Å²) in [4.78, 5) is 12.2. The van der Waals surface area contributed by atoms with E-state index in [4.69, 9.17) is 5.73 Å². The standard InChI is InChI=1S/C11H11N3O2S2/c1-6-13-14-11(17-6)18-9-5-7(10(15)16-2)3-4-8(9)12/h3-5H,12H2,1-2H3. The van der Waals surface area contributed by atoms with Gasteiger partial charge in [0.1, 0.15) is 5.01 Å². The SMILES string of the molecule is COC(=O)c1ccc(N)c(Sc2nnc(C)s2)c1. The van der Waals surface area contributed by atoms with Crippen molar-refractivity contribution in [1.82, 2.24) is 10.2 Å². The van der Waals surface area contributed by atoms with E-state index in [-0.39, 0.29) is 5.97 Å². The number of methoxy groups -OCH3 is 1. The highest BCUT2D eigenvalue weighted by Crippen LogP contribution is 2.34. The molecular weight excluding hydrogens is 270 g/mol. The zero-order chi connectivity index (χ0) is 13.1. The molecule has 0 aliphatic carbocycles. The zero-order valence-corrected chi connectivity index (χ0v) is 11.5. The van der Waals surface area contributed by atoms with Gasteiger partial charge in [0.05, 0.1) is 12.7 Å². The first-order valence-corrected chi connectivity index (χ1v) is 6.69. The molecule has 0 saturated carbocycles. The number of nitrogen functional groups attached to an aromatic ring is 1. The number of aryl methyl sites for hydroxylation is 1. The third-order valence-corrected chi connectivity index (χ3v) is 4.10. The van der Waals surface area contributed by atoms with Crippen molar-refractivity contribution in [2.45, 2.75) is 16.2 Å². The Morgan fingerprint density at radius 3 is 2.83 bits per heavy atom. The first kappa shape index (κ1) is 12.8. The summed E-state index contributed by atoms with van der Waals surface area (Å²) in [5.74, 6) is -0.384. The Bertz CT molecular complexity index is 583. The average Bonchev–Trinajstić information content (AvgIpc) is 2.76. The molecule has 94 valence electrons. The summed E-state index contributed by atoms with van der Waals surface area (Å²) in [6, 6.07) is 5.02. The van der Waals surface area contributed by atoms with Gasteiger partial charge in [-0.05, 0) is 25.1 Å². The number of benzene rings is 1. The summed E-state index contributed by atoms with van der Waals surface area (Å²) in [6.07, 6.45) is 0. The molecule has 0 amide bonds. The molecule has 0 bridgehead atoms. The van der Waals surface area contributed by atoms with E-state index in [9.17, 15) is 4.79 Å². The molecule has 1 heterocycles. The summed E-state index contributed by atoms with van der Waals surface area (Å²) in [5, 5.41) is 8.83. The fourth-order valence-corrected chi connectivity index (χ4v) is 3.14. The average molecular weight is 281 g/mol. The quantitative estimate of drug-likeness (QED) is 0.687. The predicted octanol–water partition coefficient (Wildman–Crippen LogP) is 2.37. The normalized spacial score (nSPS) is 10.3. The number of ether oxygens (including phenoxy) is 1. The van der Waals surface area contributed by atoms with Crippen LogP contribution < -0.4 is 5.73 Å². The van der Waals surface area contributed by atoms with Gasteiger partial charge in [-0.2, -0.15) is 0 Å². The summed E-state index contributed by atoms with van der Waals surface area (Å²) in [7, 11) is 1.35. The van der Waals surface area contributed by atoms with Crippen LogP contribution in [-0.4, -0.2) is 23.3 Å². The maximum absolute atomic E-state index is 11.4. The molecule has 2 N–H and O–H groups in total. The number of aromatic nitrogens is 2. The minimum absolute atomic E-state index is 0.384. The second kappa shape index (κ2) is 5.36. The first-order valence-electron chi connectivity index (χ1n) is 5.06. The van der Waals surface area contributed by atoms with Crippen LogP contribution in [0.3, 0.4) is 0 Å². The van der Waals surface area contributed by atoms with Crippen molar-refractivity contribution < 1.29 is 9.53 Å². The van der Waals surface area contributed by atoms with E-state index >= 15 is 0 Å². The molecule has 0 radical (unpaired) electrons. The molecule has 2 aromatic rings. The van der Waals surface area contributed by atoms with Gasteiger partial charge in [0.15, 0.2) is 4.34 Å². The van der Waals surface area contributed by atoms with Crippen LogP contribution in [0.5, 0.6) is 0 Å². The monoisotopic (exact) mass is 281 g/mol. The van der Waals surface area contributed by atoms with E-state index in [1.807, 2.05) is 6.92 Å². The van der Waals surface area contributed by atoms with Crippen LogP contribution in [0.15, 0.2) is 27.4 Å². The maximum Gasteiger partial charge on any atom is 0.337 e. The number of rotatable bonds is 3. The number of hydrogen-bond donors (Lipinski definition) is 1. The third kappa shape index (κ3) is 2.80. The van der Waals surface area contributed by atoms with Crippen molar-refractivity contribution >= 4 is 34.8 Å². The van der Waals surface area contributed by atoms with E-state index in [2.05, 4.69) is 14.9 Å². The number of nitrogens with two attached hydrogens (primary N) is 1. The van der Waals surface area contributed by atoms with Crippen LogP contribution >= 0.6 is 23.1 Å². The van der Waals surface area contributed by atoms with Crippen LogP contribution in [0.25, 0.3) is 0 Å². The zero-order valence-electron chi connectivity index (χ0n) is 9.84. The molecule has 0 spiro atoms. The maximum atomic E-state index is 11.4. The molecule has 2 rings (SSSR count). The molecule has 18 heavy (non-hydrogen) atoms. The molecule has 1 aromatic carbocycles. The molecule has 1 aromatic heterocycles. The Hall–Kier alpha value is -1.60. The summed E-state index contributed by atoms with van der Waals surface area (Å²) in [5.41, 5.74) is 6.93.